The fraction of sp³-hybridized carbons (Fsp3) is 0.533. The largest absolute Gasteiger partial charge is 0.378 e. The van der Waals surface area contributed by atoms with Gasteiger partial charge in [0, 0.05) is 29.7 Å². The van der Waals surface area contributed by atoms with Gasteiger partial charge in [0.1, 0.15) is 0 Å². The number of nitrogens with zero attached hydrogens (tertiary/aromatic N) is 2. The quantitative estimate of drug-likeness (QED) is 0.884. The highest BCUT2D eigenvalue weighted by Gasteiger charge is 2.41. The molecule has 2 heterocycles. The van der Waals surface area contributed by atoms with E-state index in [9.17, 15) is 9.90 Å². The van der Waals surface area contributed by atoms with Crippen LogP contribution in [0.25, 0.3) is 0 Å². The minimum Gasteiger partial charge on any atom is -0.378 e. The third-order valence-electron chi connectivity index (χ3n) is 4.33. The Bertz CT molecular complexity index is 564. The normalized spacial score (nSPS) is 26.8. The van der Waals surface area contributed by atoms with Crippen molar-refractivity contribution in [3.8, 4) is 0 Å². The summed E-state index contributed by atoms with van der Waals surface area (Å²) in [5, 5.41) is 11.1. The Morgan fingerprint density at radius 1 is 1.32 bits per heavy atom. The van der Waals surface area contributed by atoms with Crippen molar-refractivity contribution < 1.29 is 14.6 Å². The summed E-state index contributed by atoms with van der Waals surface area (Å²) in [6.45, 7) is 2.59. The van der Waals surface area contributed by atoms with Gasteiger partial charge in [0.2, 0.25) is 0 Å². The molecule has 22 heavy (non-hydrogen) atoms. The third kappa shape index (κ3) is 3.09. The monoisotopic (exact) mass is 344 g/mol. The van der Waals surface area contributed by atoms with Gasteiger partial charge < -0.3 is 14.7 Å². The summed E-state index contributed by atoms with van der Waals surface area (Å²) in [6, 6.07) is 4.87. The van der Waals surface area contributed by atoms with Gasteiger partial charge in [-0.15, -0.1) is 0 Å². The first-order valence-corrected chi connectivity index (χ1v) is 7.96. The molecule has 0 spiro atoms. The van der Waals surface area contributed by atoms with Gasteiger partial charge in [0.05, 0.1) is 18.8 Å². The van der Waals surface area contributed by atoms with Crippen molar-refractivity contribution in [3.05, 3.63) is 33.8 Å². The van der Waals surface area contributed by atoms with Crippen LogP contribution in [0.1, 0.15) is 11.7 Å². The van der Waals surface area contributed by atoms with E-state index in [2.05, 4.69) is 4.90 Å². The van der Waals surface area contributed by atoms with Crippen molar-refractivity contribution in [2.24, 2.45) is 0 Å². The number of carbonyl (C=O) groups is 1. The number of hydrogen-bond acceptors (Lipinski definition) is 4. The summed E-state index contributed by atoms with van der Waals surface area (Å²) in [5.74, 6) is -0.343. The van der Waals surface area contributed by atoms with Crippen molar-refractivity contribution in [1.29, 1.82) is 0 Å². The highest BCUT2D eigenvalue weighted by molar-refractivity contribution is 6.34. The third-order valence-corrected chi connectivity index (χ3v) is 4.76. The van der Waals surface area contributed by atoms with Crippen molar-refractivity contribution in [1.82, 2.24) is 9.80 Å². The molecular weight excluding hydrogens is 327 g/mol. The average Bonchev–Trinajstić information content (AvgIpc) is 2.90. The maximum atomic E-state index is 12.5. The predicted octanol–water partition coefficient (Wildman–Crippen LogP) is 1.57. The molecule has 1 N–H and O–H groups in total. The number of aliphatic hydroxyl groups is 1. The molecule has 120 valence electrons. The van der Waals surface area contributed by atoms with Crippen LogP contribution in [0.5, 0.6) is 0 Å². The van der Waals surface area contributed by atoms with Gasteiger partial charge in [-0.25, -0.2) is 0 Å². The Morgan fingerprint density at radius 3 is 2.64 bits per heavy atom. The smallest absolute Gasteiger partial charge is 0.256 e. The van der Waals surface area contributed by atoms with Crippen LogP contribution in [-0.2, 0) is 9.53 Å². The zero-order chi connectivity index (χ0) is 15.9. The number of rotatable bonds is 2. The molecule has 5 nitrogen and oxygen atoms in total. The zero-order valence-corrected chi connectivity index (χ0v) is 13.7. The van der Waals surface area contributed by atoms with E-state index in [-0.39, 0.29) is 18.1 Å². The number of carbonyl (C=O) groups excluding carboxylic acids is 1. The molecule has 0 radical (unpaired) electrons. The molecule has 1 amide bonds. The molecule has 2 saturated heterocycles. The summed E-state index contributed by atoms with van der Waals surface area (Å²) >= 11 is 11.9. The Morgan fingerprint density at radius 2 is 2.00 bits per heavy atom. The van der Waals surface area contributed by atoms with E-state index >= 15 is 0 Å². The molecule has 0 unspecified atom stereocenters. The lowest BCUT2D eigenvalue weighted by Crippen LogP contribution is -2.48. The van der Waals surface area contributed by atoms with E-state index in [4.69, 9.17) is 27.9 Å². The number of ether oxygens (including phenoxy) is 1. The van der Waals surface area contributed by atoms with Crippen LogP contribution >= 0.6 is 23.2 Å². The van der Waals surface area contributed by atoms with Crippen LogP contribution < -0.4 is 0 Å². The maximum absolute atomic E-state index is 12.5. The molecule has 2 aliphatic rings. The fourth-order valence-electron chi connectivity index (χ4n) is 3.09. The molecule has 7 heteroatoms. The molecular formula is C15H18Cl2N2O3. The van der Waals surface area contributed by atoms with Crippen LogP contribution in [-0.4, -0.2) is 66.2 Å². The molecule has 1 aromatic carbocycles. The Balaban J connectivity index is 1.74. The van der Waals surface area contributed by atoms with Crippen LogP contribution in [0.15, 0.2) is 18.2 Å². The molecule has 2 aliphatic heterocycles. The van der Waals surface area contributed by atoms with E-state index in [1.807, 2.05) is 7.05 Å². The lowest BCUT2D eigenvalue weighted by Gasteiger charge is -2.33. The summed E-state index contributed by atoms with van der Waals surface area (Å²) in [5.41, 5.74) is 0.409. The Labute approximate surface area is 139 Å². The van der Waals surface area contributed by atoms with Crippen LogP contribution in [0, 0.1) is 0 Å². The molecule has 3 atom stereocenters. The van der Waals surface area contributed by atoms with Gasteiger partial charge >= 0.3 is 0 Å². The van der Waals surface area contributed by atoms with Gasteiger partial charge in [0.15, 0.2) is 6.10 Å². The topological polar surface area (TPSA) is 53.0 Å². The number of aliphatic hydroxyl groups excluding tert-OH is 1. The molecule has 0 aliphatic carbocycles. The standard InChI is InChI=1S/C15H18Cl2N2O3/c1-18-2-3-22-13-8-19(7-12(13)18)15(21)14(20)9-4-10(16)6-11(17)5-9/h4-6,12-14,20H,2-3,7-8H2,1H3/t12-,13+,14-/m0/s1. The first kappa shape index (κ1) is 16.0. The molecule has 2 fully saturated rings. The number of halogens is 2. The van der Waals surface area contributed by atoms with Gasteiger partial charge in [-0.1, -0.05) is 23.2 Å². The predicted molar refractivity (Wildman–Crippen MR) is 84.2 cm³/mol. The lowest BCUT2D eigenvalue weighted by atomic mass is 10.1. The Hall–Kier alpha value is -0.850. The van der Waals surface area contributed by atoms with Crippen molar-refractivity contribution in [3.63, 3.8) is 0 Å². The second-order valence-corrected chi connectivity index (χ2v) is 6.68. The van der Waals surface area contributed by atoms with E-state index in [0.29, 0.717) is 35.3 Å². The highest BCUT2D eigenvalue weighted by atomic mass is 35.5. The van der Waals surface area contributed by atoms with Gasteiger partial charge in [0.25, 0.3) is 5.91 Å². The first-order valence-electron chi connectivity index (χ1n) is 7.20. The summed E-state index contributed by atoms with van der Waals surface area (Å²) in [7, 11) is 2.03. The number of amides is 1. The lowest BCUT2D eigenvalue weighted by molar-refractivity contribution is -0.139. The second-order valence-electron chi connectivity index (χ2n) is 5.81. The summed E-state index contributed by atoms with van der Waals surface area (Å²) in [6.07, 6.45) is -1.25. The van der Waals surface area contributed by atoms with Crippen LogP contribution in [0.4, 0.5) is 0 Å². The Kier molecular flexibility index (Phi) is 4.61. The minimum absolute atomic E-state index is 0.0119. The number of likely N-dealkylation sites (N-methyl/N-ethyl adjacent to an activating group) is 1. The number of benzene rings is 1. The number of hydrogen-bond donors (Lipinski definition) is 1. The van der Waals surface area contributed by atoms with Crippen molar-refractivity contribution in [2.75, 3.05) is 33.3 Å². The average molecular weight is 345 g/mol. The minimum atomic E-state index is -1.26. The highest BCUT2D eigenvalue weighted by Crippen LogP contribution is 2.28. The van der Waals surface area contributed by atoms with Gasteiger partial charge in [-0.05, 0) is 30.8 Å². The first-order chi connectivity index (χ1) is 10.5. The van der Waals surface area contributed by atoms with Crippen LogP contribution in [0.3, 0.4) is 0 Å². The van der Waals surface area contributed by atoms with E-state index < -0.39 is 6.10 Å². The number of fused-ring (bicyclic) bond motifs is 1. The number of likely N-dealkylation sites (tertiary alicyclic amines) is 1. The summed E-state index contributed by atoms with van der Waals surface area (Å²) < 4.78 is 5.72. The molecule has 3 rings (SSSR count). The molecule has 0 bridgehead atoms. The molecule has 0 saturated carbocycles. The maximum Gasteiger partial charge on any atom is 0.256 e. The van der Waals surface area contributed by atoms with Gasteiger partial charge in [-0.3, -0.25) is 9.69 Å². The molecule has 1 aromatic rings. The van der Waals surface area contributed by atoms with Crippen molar-refractivity contribution >= 4 is 29.1 Å². The van der Waals surface area contributed by atoms with Gasteiger partial charge in [-0.2, -0.15) is 0 Å². The fourth-order valence-corrected chi connectivity index (χ4v) is 3.63. The van der Waals surface area contributed by atoms with Crippen molar-refractivity contribution in [2.45, 2.75) is 18.2 Å². The van der Waals surface area contributed by atoms with E-state index in [1.54, 1.807) is 23.1 Å². The number of morpholine rings is 1. The SMILES string of the molecule is CN1CCO[C@@H]2CN(C(=O)[C@@H](O)c3cc(Cl)cc(Cl)c3)C[C@@H]21. The van der Waals surface area contributed by atoms with E-state index in [0.717, 1.165) is 6.54 Å². The summed E-state index contributed by atoms with van der Waals surface area (Å²) in [4.78, 5) is 16.4. The van der Waals surface area contributed by atoms with Crippen LogP contribution in [0.2, 0.25) is 10.0 Å². The zero-order valence-electron chi connectivity index (χ0n) is 12.2. The second kappa shape index (κ2) is 6.34. The molecule has 0 aromatic heterocycles. The van der Waals surface area contributed by atoms with E-state index in [1.165, 1.54) is 0 Å².